The van der Waals surface area contributed by atoms with Gasteiger partial charge in [0.25, 0.3) is 5.91 Å². The molecule has 6 nitrogen and oxygen atoms in total. The van der Waals surface area contributed by atoms with Crippen molar-refractivity contribution in [2.75, 3.05) is 13.6 Å². The van der Waals surface area contributed by atoms with E-state index < -0.39 is 17.5 Å². The van der Waals surface area contributed by atoms with E-state index in [9.17, 15) is 14.4 Å². The van der Waals surface area contributed by atoms with Crippen LogP contribution in [0.2, 0.25) is 0 Å². The number of hydrogen-bond donors (Lipinski definition) is 1. The minimum absolute atomic E-state index is 0.291. The lowest BCUT2D eigenvalue weighted by molar-refractivity contribution is -0.138. The van der Waals surface area contributed by atoms with E-state index >= 15 is 0 Å². The van der Waals surface area contributed by atoms with E-state index in [-0.39, 0.29) is 12.5 Å². The molecule has 2 aromatic carbocycles. The second-order valence-corrected chi connectivity index (χ2v) is 8.62. The lowest BCUT2D eigenvalue weighted by atomic mass is 9.83. The Morgan fingerprint density at radius 3 is 2.32 bits per heavy atom. The number of imide groups is 1. The van der Waals surface area contributed by atoms with Gasteiger partial charge in [-0.25, -0.2) is 4.79 Å². The first-order chi connectivity index (χ1) is 15.0. The minimum Gasteiger partial charge on any atom is -0.339 e. The maximum absolute atomic E-state index is 13.6. The highest BCUT2D eigenvalue weighted by molar-refractivity contribution is 7.09. The number of benzene rings is 2. The summed E-state index contributed by atoms with van der Waals surface area (Å²) in [4.78, 5) is 42.8. The van der Waals surface area contributed by atoms with Crippen molar-refractivity contribution >= 4 is 29.2 Å². The Morgan fingerprint density at radius 1 is 1.00 bits per heavy atom. The van der Waals surface area contributed by atoms with Crippen LogP contribution in [-0.2, 0) is 28.1 Å². The number of carbonyl (C=O) groups excluding carboxylic acids is 3. The third kappa shape index (κ3) is 4.22. The Labute approximate surface area is 185 Å². The molecule has 0 unspecified atom stereocenters. The van der Waals surface area contributed by atoms with Gasteiger partial charge in [0.2, 0.25) is 5.91 Å². The first-order valence-corrected chi connectivity index (χ1v) is 10.9. The summed E-state index contributed by atoms with van der Waals surface area (Å²) in [5.41, 5.74) is 0.369. The molecule has 4 rings (SSSR count). The van der Waals surface area contributed by atoms with Crippen molar-refractivity contribution in [1.29, 1.82) is 0 Å². The molecule has 1 saturated heterocycles. The van der Waals surface area contributed by atoms with Crippen LogP contribution in [0.4, 0.5) is 4.79 Å². The average Bonchev–Trinajstić information content (AvgIpc) is 3.37. The molecule has 0 radical (unpaired) electrons. The topological polar surface area (TPSA) is 69.7 Å². The second-order valence-electron chi connectivity index (χ2n) is 7.58. The molecule has 1 N–H and O–H groups in total. The molecule has 2 heterocycles. The molecule has 1 aliphatic rings. The van der Waals surface area contributed by atoms with Crippen molar-refractivity contribution in [1.82, 2.24) is 15.1 Å². The highest BCUT2D eigenvalue weighted by atomic mass is 32.1. The van der Waals surface area contributed by atoms with Gasteiger partial charge in [-0.2, -0.15) is 0 Å². The van der Waals surface area contributed by atoms with E-state index in [1.54, 1.807) is 18.4 Å². The largest absolute Gasteiger partial charge is 0.339 e. The maximum Gasteiger partial charge on any atom is 0.325 e. The normalized spacial score (nSPS) is 18.2. The Bertz CT molecular complexity index is 1070. The molecular weight excluding hydrogens is 410 g/mol. The van der Waals surface area contributed by atoms with E-state index in [4.69, 9.17) is 0 Å². The average molecular weight is 434 g/mol. The van der Waals surface area contributed by atoms with Crippen molar-refractivity contribution in [2.45, 2.75) is 18.5 Å². The summed E-state index contributed by atoms with van der Waals surface area (Å²) in [5, 5.41) is 4.84. The van der Waals surface area contributed by atoms with Gasteiger partial charge in [0, 0.05) is 18.3 Å². The molecule has 0 aliphatic carbocycles. The minimum atomic E-state index is -1.24. The number of hydrogen-bond acceptors (Lipinski definition) is 4. The number of rotatable bonds is 7. The highest BCUT2D eigenvalue weighted by Gasteiger charge is 2.52. The zero-order valence-electron chi connectivity index (χ0n) is 17.2. The first kappa shape index (κ1) is 20.8. The predicted octanol–water partition coefficient (Wildman–Crippen LogP) is 3.40. The van der Waals surface area contributed by atoms with Crippen LogP contribution in [0.1, 0.15) is 16.0 Å². The number of nitrogens with one attached hydrogen (secondary N) is 1. The van der Waals surface area contributed by atoms with Gasteiger partial charge < -0.3 is 10.2 Å². The van der Waals surface area contributed by atoms with Crippen LogP contribution < -0.4 is 5.32 Å². The lowest BCUT2D eigenvalue weighted by Gasteiger charge is -2.28. The highest BCUT2D eigenvalue weighted by Crippen LogP contribution is 2.33. The lowest BCUT2D eigenvalue weighted by Crippen LogP contribution is -2.47. The van der Waals surface area contributed by atoms with Gasteiger partial charge in [0.1, 0.15) is 6.54 Å². The SMILES string of the molecule is CN(Cc1cccs1)C(=O)CN1C(=O)N[C@@](Cc2ccccc2)(c2ccccc2)C1=O. The number of carbonyl (C=O) groups is 3. The summed E-state index contributed by atoms with van der Waals surface area (Å²) in [6.07, 6.45) is 0.304. The van der Waals surface area contributed by atoms with Gasteiger partial charge >= 0.3 is 6.03 Å². The number of nitrogens with zero attached hydrogens (tertiary/aromatic N) is 2. The van der Waals surface area contributed by atoms with Crippen molar-refractivity contribution < 1.29 is 14.4 Å². The summed E-state index contributed by atoms with van der Waals surface area (Å²) in [6, 6.07) is 22.1. The Hall–Kier alpha value is -3.45. The quantitative estimate of drug-likeness (QED) is 0.581. The Kier molecular flexibility index (Phi) is 5.86. The van der Waals surface area contributed by atoms with Crippen molar-refractivity contribution in [2.24, 2.45) is 0 Å². The molecule has 1 aliphatic heterocycles. The van der Waals surface area contributed by atoms with Gasteiger partial charge in [-0.3, -0.25) is 14.5 Å². The van der Waals surface area contributed by atoms with Crippen molar-refractivity contribution in [3.8, 4) is 0 Å². The summed E-state index contributed by atoms with van der Waals surface area (Å²) in [5.74, 6) is -0.703. The Balaban J connectivity index is 1.59. The summed E-state index contributed by atoms with van der Waals surface area (Å²) < 4.78 is 0. The maximum atomic E-state index is 13.6. The van der Waals surface area contributed by atoms with Gasteiger partial charge in [0.05, 0.1) is 6.54 Å². The number of amides is 4. The van der Waals surface area contributed by atoms with E-state index in [1.807, 2.05) is 78.2 Å². The first-order valence-electron chi connectivity index (χ1n) is 9.99. The standard InChI is InChI=1S/C24H23N3O3S/c1-26(16-20-13-8-14-31-20)21(28)17-27-22(29)24(25-23(27)30,19-11-6-3-7-12-19)15-18-9-4-2-5-10-18/h2-14H,15-17H2,1H3,(H,25,30)/t24-/m0/s1. The molecule has 0 spiro atoms. The van der Waals surface area contributed by atoms with Crippen LogP contribution in [0.5, 0.6) is 0 Å². The van der Waals surface area contributed by atoms with Gasteiger partial charge in [-0.05, 0) is 22.6 Å². The molecule has 0 bridgehead atoms. The van der Waals surface area contributed by atoms with Gasteiger partial charge in [-0.1, -0.05) is 66.7 Å². The zero-order chi connectivity index (χ0) is 21.8. The van der Waals surface area contributed by atoms with Gasteiger partial charge in [-0.15, -0.1) is 11.3 Å². The van der Waals surface area contributed by atoms with Crippen LogP contribution in [0.25, 0.3) is 0 Å². The monoisotopic (exact) mass is 433 g/mol. The molecule has 4 amide bonds. The zero-order valence-corrected chi connectivity index (χ0v) is 18.0. The summed E-state index contributed by atoms with van der Waals surface area (Å²) >= 11 is 1.56. The van der Waals surface area contributed by atoms with E-state index in [2.05, 4.69) is 5.32 Å². The van der Waals surface area contributed by atoms with Crippen molar-refractivity contribution in [3.63, 3.8) is 0 Å². The fraction of sp³-hybridized carbons (Fsp3) is 0.208. The fourth-order valence-corrected chi connectivity index (χ4v) is 4.55. The molecule has 7 heteroatoms. The van der Waals surface area contributed by atoms with Gasteiger partial charge in [0.15, 0.2) is 5.54 Å². The molecule has 1 atom stereocenters. The molecule has 31 heavy (non-hydrogen) atoms. The second kappa shape index (κ2) is 8.73. The number of likely N-dealkylation sites (N-methyl/N-ethyl adjacent to an activating group) is 1. The molecule has 3 aromatic rings. The van der Waals surface area contributed by atoms with E-state index in [0.29, 0.717) is 18.5 Å². The third-order valence-electron chi connectivity index (χ3n) is 5.45. The van der Waals surface area contributed by atoms with Crippen LogP contribution in [-0.4, -0.2) is 41.2 Å². The van der Waals surface area contributed by atoms with E-state index in [1.165, 1.54) is 4.90 Å². The molecular formula is C24H23N3O3S. The molecule has 1 fully saturated rings. The molecule has 158 valence electrons. The number of thiophene rings is 1. The fourth-order valence-electron chi connectivity index (χ4n) is 3.79. The van der Waals surface area contributed by atoms with Crippen LogP contribution in [0.15, 0.2) is 78.2 Å². The van der Waals surface area contributed by atoms with Crippen LogP contribution in [0, 0.1) is 0 Å². The third-order valence-corrected chi connectivity index (χ3v) is 6.31. The predicted molar refractivity (Wildman–Crippen MR) is 119 cm³/mol. The van der Waals surface area contributed by atoms with E-state index in [0.717, 1.165) is 15.3 Å². The van der Waals surface area contributed by atoms with Crippen LogP contribution >= 0.6 is 11.3 Å². The molecule has 1 aromatic heterocycles. The van der Waals surface area contributed by atoms with Crippen LogP contribution in [0.3, 0.4) is 0 Å². The Morgan fingerprint density at radius 2 is 1.68 bits per heavy atom. The summed E-state index contributed by atoms with van der Waals surface area (Å²) in [7, 11) is 1.68. The number of urea groups is 1. The summed E-state index contributed by atoms with van der Waals surface area (Å²) in [6.45, 7) is 0.143. The smallest absolute Gasteiger partial charge is 0.325 e. The molecule has 0 saturated carbocycles. The van der Waals surface area contributed by atoms with Crippen molar-refractivity contribution in [3.05, 3.63) is 94.2 Å².